The summed E-state index contributed by atoms with van der Waals surface area (Å²) in [6.45, 7) is 0. The molecule has 0 aliphatic heterocycles. The summed E-state index contributed by atoms with van der Waals surface area (Å²) in [5.41, 5.74) is 0. The van der Waals surface area contributed by atoms with Crippen LogP contribution in [0.5, 0.6) is 0 Å². The predicted molar refractivity (Wildman–Crippen MR) is 108 cm³/mol. The lowest BCUT2D eigenvalue weighted by atomic mass is 9.84. The predicted octanol–water partition coefficient (Wildman–Crippen LogP) is 3.07. The summed E-state index contributed by atoms with van der Waals surface area (Å²) in [7, 11) is -1.48. The van der Waals surface area contributed by atoms with Crippen LogP contribution in [-0.2, 0) is 0 Å². The highest BCUT2D eigenvalue weighted by atomic mass is 31.1. The number of hydrogen-bond acceptors (Lipinski definition) is 2. The molecule has 4 heteroatoms. The van der Waals surface area contributed by atoms with Crippen molar-refractivity contribution >= 4 is 31.0 Å². The standard InChI is InChI=1S/C18H15P.C3H7BO2/c1-4-10-16(11-5-1)19(17-12-6-2-7-13-17)18-14-8-3-9-15-18;5-4(6)3-1-2-3/h1-15H;3,5-6H,1-2H2. The largest absolute Gasteiger partial charge is 0.454 e. The number of hydrogen-bond donors (Lipinski definition) is 2. The van der Waals surface area contributed by atoms with Crippen molar-refractivity contribution in [2.24, 2.45) is 0 Å². The van der Waals surface area contributed by atoms with E-state index in [-0.39, 0.29) is 5.82 Å². The van der Waals surface area contributed by atoms with Crippen molar-refractivity contribution in [3.8, 4) is 0 Å². The molecule has 1 aliphatic carbocycles. The second-order valence-corrected chi connectivity index (χ2v) is 8.31. The normalized spacial score (nSPS) is 13.1. The van der Waals surface area contributed by atoms with Crippen molar-refractivity contribution in [2.75, 3.05) is 0 Å². The third kappa shape index (κ3) is 5.27. The summed E-state index contributed by atoms with van der Waals surface area (Å²) in [6.07, 6.45) is 2.00. The van der Waals surface area contributed by atoms with E-state index in [9.17, 15) is 0 Å². The van der Waals surface area contributed by atoms with Gasteiger partial charge in [-0.25, -0.2) is 0 Å². The molecule has 1 fully saturated rings. The van der Waals surface area contributed by atoms with Crippen molar-refractivity contribution in [3.05, 3.63) is 91.0 Å². The van der Waals surface area contributed by atoms with Crippen molar-refractivity contribution in [2.45, 2.75) is 18.7 Å². The average Bonchev–Trinajstić information content (AvgIpc) is 3.51. The monoisotopic (exact) mass is 348 g/mol. The molecule has 0 amide bonds. The number of rotatable bonds is 4. The number of benzene rings is 3. The van der Waals surface area contributed by atoms with Gasteiger partial charge in [0.2, 0.25) is 0 Å². The highest BCUT2D eigenvalue weighted by Gasteiger charge is 2.33. The first-order chi connectivity index (χ1) is 12.3. The Morgan fingerprint density at radius 3 is 1.12 bits per heavy atom. The summed E-state index contributed by atoms with van der Waals surface area (Å²) in [5, 5.41) is 20.7. The van der Waals surface area contributed by atoms with Crippen LogP contribution in [0.25, 0.3) is 0 Å². The lowest BCUT2D eigenvalue weighted by molar-refractivity contribution is 0.403. The highest BCUT2D eigenvalue weighted by Crippen LogP contribution is 2.36. The SMILES string of the molecule is OB(O)C1CC1.c1ccc(P(c2ccccc2)c2ccccc2)cc1. The molecular formula is C21H22BO2P. The van der Waals surface area contributed by atoms with Crippen molar-refractivity contribution < 1.29 is 10.0 Å². The zero-order chi connectivity index (χ0) is 17.5. The molecule has 0 spiro atoms. The maximum Gasteiger partial charge on any atom is 0.454 e. The van der Waals surface area contributed by atoms with Gasteiger partial charge in [-0.1, -0.05) is 104 Å². The van der Waals surface area contributed by atoms with E-state index in [1.165, 1.54) is 15.9 Å². The fourth-order valence-electron chi connectivity index (χ4n) is 2.57. The van der Waals surface area contributed by atoms with Crippen LogP contribution in [0.2, 0.25) is 5.82 Å². The summed E-state index contributed by atoms with van der Waals surface area (Å²) in [4.78, 5) is 0. The van der Waals surface area contributed by atoms with Crippen LogP contribution in [0.4, 0.5) is 0 Å². The first-order valence-electron chi connectivity index (χ1n) is 8.57. The minimum Gasteiger partial charge on any atom is -0.427 e. The summed E-state index contributed by atoms with van der Waals surface area (Å²) in [6, 6.07) is 32.3. The highest BCUT2D eigenvalue weighted by molar-refractivity contribution is 7.79. The molecule has 4 rings (SSSR count). The molecule has 0 aromatic heterocycles. The molecule has 2 nitrogen and oxygen atoms in total. The van der Waals surface area contributed by atoms with E-state index < -0.39 is 15.0 Å². The molecule has 2 N–H and O–H groups in total. The van der Waals surface area contributed by atoms with E-state index in [4.69, 9.17) is 10.0 Å². The van der Waals surface area contributed by atoms with E-state index >= 15 is 0 Å². The molecule has 126 valence electrons. The summed E-state index contributed by atoms with van der Waals surface area (Å²) < 4.78 is 0. The van der Waals surface area contributed by atoms with E-state index in [0.717, 1.165) is 12.8 Å². The average molecular weight is 348 g/mol. The lowest BCUT2D eigenvalue weighted by Gasteiger charge is -2.18. The maximum atomic E-state index is 8.25. The third-order valence-corrected chi connectivity index (χ3v) is 6.53. The van der Waals surface area contributed by atoms with Crippen LogP contribution < -0.4 is 15.9 Å². The van der Waals surface area contributed by atoms with Crippen LogP contribution in [-0.4, -0.2) is 17.2 Å². The Morgan fingerprint density at radius 1 is 0.600 bits per heavy atom. The van der Waals surface area contributed by atoms with Gasteiger partial charge in [-0.2, -0.15) is 0 Å². The van der Waals surface area contributed by atoms with Gasteiger partial charge in [-0.05, 0) is 29.7 Å². The molecule has 0 heterocycles. The fourth-order valence-corrected chi connectivity index (χ4v) is 4.88. The molecule has 1 aliphatic rings. The molecular weight excluding hydrogens is 326 g/mol. The second kappa shape index (κ2) is 8.96. The Labute approximate surface area is 151 Å². The van der Waals surface area contributed by atoms with Gasteiger partial charge < -0.3 is 10.0 Å². The summed E-state index contributed by atoms with van der Waals surface area (Å²) >= 11 is 0. The molecule has 0 unspecified atom stereocenters. The minimum atomic E-state index is -1.04. The van der Waals surface area contributed by atoms with E-state index in [1.54, 1.807) is 0 Å². The van der Waals surface area contributed by atoms with Crippen molar-refractivity contribution in [1.29, 1.82) is 0 Å². The Morgan fingerprint density at radius 2 is 0.920 bits per heavy atom. The van der Waals surface area contributed by atoms with Gasteiger partial charge in [0, 0.05) is 0 Å². The van der Waals surface area contributed by atoms with E-state index in [1.807, 2.05) is 0 Å². The van der Waals surface area contributed by atoms with Crippen molar-refractivity contribution in [3.63, 3.8) is 0 Å². The van der Waals surface area contributed by atoms with Gasteiger partial charge in [0.1, 0.15) is 0 Å². The fraction of sp³-hybridized carbons (Fsp3) is 0.143. The minimum absolute atomic E-state index is 0.213. The maximum absolute atomic E-state index is 8.25. The molecule has 3 aromatic rings. The zero-order valence-corrected chi connectivity index (χ0v) is 15.0. The first-order valence-corrected chi connectivity index (χ1v) is 9.91. The molecule has 3 aromatic carbocycles. The van der Waals surface area contributed by atoms with E-state index in [0.29, 0.717) is 0 Å². The van der Waals surface area contributed by atoms with Crippen LogP contribution >= 0.6 is 7.92 Å². The van der Waals surface area contributed by atoms with Gasteiger partial charge in [0.15, 0.2) is 0 Å². The van der Waals surface area contributed by atoms with Crippen LogP contribution in [0.3, 0.4) is 0 Å². The summed E-state index contributed by atoms with van der Waals surface area (Å²) in [5.74, 6) is 0.213. The Balaban J connectivity index is 0.000000258. The molecule has 0 radical (unpaired) electrons. The molecule has 0 bridgehead atoms. The molecule has 25 heavy (non-hydrogen) atoms. The molecule has 0 atom stereocenters. The third-order valence-electron chi connectivity index (χ3n) is 4.09. The Hall–Kier alpha value is -1.93. The zero-order valence-electron chi connectivity index (χ0n) is 14.1. The van der Waals surface area contributed by atoms with Crippen LogP contribution in [0.1, 0.15) is 12.8 Å². The van der Waals surface area contributed by atoms with Gasteiger partial charge >= 0.3 is 7.12 Å². The van der Waals surface area contributed by atoms with Crippen LogP contribution in [0.15, 0.2) is 91.0 Å². The van der Waals surface area contributed by atoms with Gasteiger partial charge in [-0.15, -0.1) is 0 Å². The molecule has 1 saturated carbocycles. The van der Waals surface area contributed by atoms with Crippen molar-refractivity contribution in [1.82, 2.24) is 0 Å². The van der Waals surface area contributed by atoms with Gasteiger partial charge in [0.25, 0.3) is 0 Å². The van der Waals surface area contributed by atoms with Gasteiger partial charge in [-0.3, -0.25) is 0 Å². The Bertz CT molecular complexity index is 653. The topological polar surface area (TPSA) is 40.5 Å². The van der Waals surface area contributed by atoms with E-state index in [2.05, 4.69) is 91.0 Å². The first kappa shape index (κ1) is 17.9. The lowest BCUT2D eigenvalue weighted by Crippen LogP contribution is -2.20. The van der Waals surface area contributed by atoms with Crippen LogP contribution in [0, 0.1) is 0 Å². The molecule has 0 saturated heterocycles. The second-order valence-electron chi connectivity index (χ2n) is 6.09. The quantitative estimate of drug-likeness (QED) is 0.562. The Kier molecular flexibility index (Phi) is 6.41. The van der Waals surface area contributed by atoms with Gasteiger partial charge in [0.05, 0.1) is 0 Å². The smallest absolute Gasteiger partial charge is 0.427 e.